The molecular weight excluding hydrogens is 208 g/mol. The van der Waals surface area contributed by atoms with Gasteiger partial charge in [0.25, 0.3) is 0 Å². The van der Waals surface area contributed by atoms with Crippen molar-refractivity contribution in [2.24, 2.45) is 5.41 Å². The minimum atomic E-state index is 0.626. The van der Waals surface area contributed by atoms with Crippen LogP contribution < -0.4 is 5.32 Å². The van der Waals surface area contributed by atoms with Gasteiger partial charge in [-0.05, 0) is 57.4 Å². The zero-order chi connectivity index (χ0) is 11.7. The molecule has 2 aliphatic carbocycles. The molecular formula is C15H28N2. The van der Waals surface area contributed by atoms with Crippen molar-refractivity contribution in [3.05, 3.63) is 0 Å². The van der Waals surface area contributed by atoms with Crippen LogP contribution in [0.25, 0.3) is 0 Å². The van der Waals surface area contributed by atoms with Crippen LogP contribution in [0.15, 0.2) is 0 Å². The zero-order valence-electron chi connectivity index (χ0n) is 11.4. The lowest BCUT2D eigenvalue weighted by atomic mass is 9.85. The fourth-order valence-corrected chi connectivity index (χ4v) is 3.82. The molecule has 0 aromatic carbocycles. The van der Waals surface area contributed by atoms with Crippen LogP contribution in [-0.4, -0.2) is 36.6 Å². The van der Waals surface area contributed by atoms with Crippen LogP contribution in [0.1, 0.15) is 58.3 Å². The Kier molecular flexibility index (Phi) is 3.45. The van der Waals surface area contributed by atoms with E-state index in [2.05, 4.69) is 17.1 Å². The highest BCUT2D eigenvalue weighted by Gasteiger charge is 2.38. The molecule has 3 aliphatic rings. The van der Waals surface area contributed by atoms with Crippen LogP contribution in [0.3, 0.4) is 0 Å². The van der Waals surface area contributed by atoms with E-state index < -0.39 is 0 Å². The molecule has 0 bridgehead atoms. The third kappa shape index (κ3) is 2.85. The highest BCUT2D eigenvalue weighted by molar-refractivity contribution is 4.94. The molecule has 2 nitrogen and oxygen atoms in total. The minimum Gasteiger partial charge on any atom is -0.313 e. The molecule has 17 heavy (non-hydrogen) atoms. The van der Waals surface area contributed by atoms with Crippen molar-refractivity contribution in [1.82, 2.24) is 10.2 Å². The molecule has 1 aliphatic heterocycles. The van der Waals surface area contributed by atoms with Crippen molar-refractivity contribution in [2.45, 2.75) is 70.4 Å². The molecule has 98 valence electrons. The predicted octanol–water partition coefficient (Wildman–Crippen LogP) is 2.78. The van der Waals surface area contributed by atoms with E-state index in [0.29, 0.717) is 5.41 Å². The summed E-state index contributed by atoms with van der Waals surface area (Å²) >= 11 is 0. The summed E-state index contributed by atoms with van der Waals surface area (Å²) in [6.45, 7) is 6.44. The Morgan fingerprint density at radius 3 is 2.47 bits per heavy atom. The van der Waals surface area contributed by atoms with Crippen molar-refractivity contribution < 1.29 is 0 Å². The molecule has 0 amide bonds. The van der Waals surface area contributed by atoms with Crippen molar-refractivity contribution >= 4 is 0 Å². The summed E-state index contributed by atoms with van der Waals surface area (Å²) in [6.07, 6.45) is 11.6. The van der Waals surface area contributed by atoms with Crippen molar-refractivity contribution in [1.29, 1.82) is 0 Å². The van der Waals surface area contributed by atoms with E-state index in [1.54, 1.807) is 0 Å². The number of likely N-dealkylation sites (tertiary alicyclic amines) is 1. The Labute approximate surface area is 106 Å². The molecule has 1 saturated heterocycles. The van der Waals surface area contributed by atoms with E-state index in [4.69, 9.17) is 0 Å². The molecule has 1 N–H and O–H groups in total. The lowest BCUT2D eigenvalue weighted by Gasteiger charge is -2.36. The summed E-state index contributed by atoms with van der Waals surface area (Å²) in [5.74, 6) is 0. The number of hydrogen-bond donors (Lipinski definition) is 1. The lowest BCUT2D eigenvalue weighted by Crippen LogP contribution is -2.44. The maximum Gasteiger partial charge on any atom is 0.00684 e. The second kappa shape index (κ2) is 4.89. The molecule has 3 fully saturated rings. The van der Waals surface area contributed by atoms with Gasteiger partial charge >= 0.3 is 0 Å². The van der Waals surface area contributed by atoms with Gasteiger partial charge in [-0.3, -0.25) is 0 Å². The van der Waals surface area contributed by atoms with Gasteiger partial charge in [0.1, 0.15) is 0 Å². The fraction of sp³-hybridized carbons (Fsp3) is 1.00. The van der Waals surface area contributed by atoms with E-state index in [0.717, 1.165) is 12.1 Å². The molecule has 0 radical (unpaired) electrons. The van der Waals surface area contributed by atoms with Gasteiger partial charge in [-0.15, -0.1) is 0 Å². The summed E-state index contributed by atoms with van der Waals surface area (Å²) < 4.78 is 0. The first-order chi connectivity index (χ1) is 8.27. The number of nitrogens with zero attached hydrogens (tertiary/aromatic N) is 1. The topological polar surface area (TPSA) is 15.3 Å². The molecule has 0 aromatic rings. The second-order valence-corrected chi connectivity index (χ2v) is 6.82. The Hall–Kier alpha value is -0.0800. The molecule has 1 unspecified atom stereocenters. The third-order valence-corrected chi connectivity index (χ3v) is 5.24. The molecule has 2 saturated carbocycles. The quantitative estimate of drug-likeness (QED) is 0.789. The van der Waals surface area contributed by atoms with E-state index >= 15 is 0 Å². The highest BCUT2D eigenvalue weighted by atomic mass is 15.2. The summed E-state index contributed by atoms with van der Waals surface area (Å²) in [4.78, 5) is 2.76. The van der Waals surface area contributed by atoms with Crippen LogP contribution in [-0.2, 0) is 0 Å². The summed E-state index contributed by atoms with van der Waals surface area (Å²) in [5, 5.41) is 3.80. The van der Waals surface area contributed by atoms with Crippen LogP contribution in [0.2, 0.25) is 0 Å². The largest absolute Gasteiger partial charge is 0.313 e. The molecule has 0 aromatic heterocycles. The first kappa shape index (κ1) is 12.0. The Morgan fingerprint density at radius 2 is 1.88 bits per heavy atom. The van der Waals surface area contributed by atoms with E-state index in [1.165, 1.54) is 71.0 Å². The summed E-state index contributed by atoms with van der Waals surface area (Å²) in [6, 6.07) is 1.72. The van der Waals surface area contributed by atoms with Crippen molar-refractivity contribution in [3.8, 4) is 0 Å². The third-order valence-electron chi connectivity index (χ3n) is 5.24. The molecule has 3 rings (SSSR count). The highest BCUT2D eigenvalue weighted by Crippen LogP contribution is 2.40. The van der Waals surface area contributed by atoms with Crippen molar-refractivity contribution in [3.63, 3.8) is 0 Å². The second-order valence-electron chi connectivity index (χ2n) is 6.82. The van der Waals surface area contributed by atoms with Gasteiger partial charge < -0.3 is 10.2 Å². The molecule has 1 heterocycles. The number of hydrogen-bond acceptors (Lipinski definition) is 2. The SMILES string of the molecule is CC1CCCN1CC1(CNC2CC2)CCCC1. The van der Waals surface area contributed by atoms with Gasteiger partial charge in [-0.25, -0.2) is 0 Å². The van der Waals surface area contributed by atoms with E-state index in [1.807, 2.05) is 0 Å². The van der Waals surface area contributed by atoms with Gasteiger partial charge in [0.2, 0.25) is 0 Å². The zero-order valence-corrected chi connectivity index (χ0v) is 11.4. The monoisotopic (exact) mass is 236 g/mol. The van der Waals surface area contributed by atoms with Crippen LogP contribution in [0.5, 0.6) is 0 Å². The molecule has 1 atom stereocenters. The minimum absolute atomic E-state index is 0.626. The average molecular weight is 236 g/mol. The lowest BCUT2D eigenvalue weighted by molar-refractivity contribution is 0.143. The summed E-state index contributed by atoms with van der Waals surface area (Å²) in [7, 11) is 0. The van der Waals surface area contributed by atoms with Crippen LogP contribution >= 0.6 is 0 Å². The fourth-order valence-electron chi connectivity index (χ4n) is 3.82. The predicted molar refractivity (Wildman–Crippen MR) is 72.2 cm³/mol. The average Bonchev–Trinajstić information content (AvgIpc) is 2.92. The molecule has 2 heteroatoms. The van der Waals surface area contributed by atoms with Gasteiger partial charge in [-0.2, -0.15) is 0 Å². The first-order valence-corrected chi connectivity index (χ1v) is 7.75. The Bertz CT molecular complexity index is 254. The van der Waals surface area contributed by atoms with Crippen molar-refractivity contribution in [2.75, 3.05) is 19.6 Å². The van der Waals surface area contributed by atoms with Gasteiger partial charge in [0.15, 0.2) is 0 Å². The van der Waals surface area contributed by atoms with Crippen LogP contribution in [0.4, 0.5) is 0 Å². The van der Waals surface area contributed by atoms with E-state index in [-0.39, 0.29) is 0 Å². The maximum absolute atomic E-state index is 3.80. The number of nitrogens with one attached hydrogen (secondary N) is 1. The van der Waals surface area contributed by atoms with Gasteiger partial charge in [0, 0.05) is 25.2 Å². The molecule has 0 spiro atoms. The first-order valence-electron chi connectivity index (χ1n) is 7.75. The smallest absolute Gasteiger partial charge is 0.00684 e. The maximum atomic E-state index is 3.80. The normalized spacial score (nSPS) is 33.4. The number of rotatable bonds is 5. The van der Waals surface area contributed by atoms with E-state index in [9.17, 15) is 0 Å². The Balaban J connectivity index is 1.57. The Morgan fingerprint density at radius 1 is 1.12 bits per heavy atom. The van der Waals surface area contributed by atoms with Gasteiger partial charge in [-0.1, -0.05) is 12.8 Å². The standard InChI is InChI=1S/C15H28N2/c1-13-5-4-10-17(13)12-15(8-2-3-9-15)11-16-14-6-7-14/h13-14,16H,2-12H2,1H3. The summed E-state index contributed by atoms with van der Waals surface area (Å²) in [5.41, 5.74) is 0.626. The van der Waals surface area contributed by atoms with Gasteiger partial charge in [0.05, 0.1) is 0 Å². The van der Waals surface area contributed by atoms with Crippen LogP contribution in [0, 0.1) is 5.41 Å².